The molecule has 1 aromatic carbocycles. The molecule has 2 nitrogen and oxygen atoms in total. The van der Waals surface area contributed by atoms with Crippen LogP contribution in [0.15, 0.2) is 18.2 Å². The highest BCUT2D eigenvalue weighted by Gasteiger charge is 2.15. The van der Waals surface area contributed by atoms with Crippen molar-refractivity contribution in [1.29, 1.82) is 0 Å². The van der Waals surface area contributed by atoms with Crippen LogP contribution in [0.25, 0.3) is 0 Å². The molecule has 0 spiro atoms. The van der Waals surface area contributed by atoms with Crippen molar-refractivity contribution in [2.45, 2.75) is 52.0 Å². The van der Waals surface area contributed by atoms with Crippen LogP contribution in [0, 0.1) is 12.7 Å². The summed E-state index contributed by atoms with van der Waals surface area (Å²) >= 11 is 0. The molecule has 0 aliphatic carbocycles. The van der Waals surface area contributed by atoms with E-state index in [4.69, 9.17) is 0 Å². The Bertz CT molecular complexity index is 433. The predicted octanol–water partition coefficient (Wildman–Crippen LogP) is 3.53. The van der Waals surface area contributed by atoms with E-state index < -0.39 is 0 Å². The molecule has 3 heteroatoms. The number of nitrogens with zero attached hydrogens (tertiary/aromatic N) is 1. The average molecular weight is 292 g/mol. The smallest absolute Gasteiger partial charge is 0.123 e. The van der Waals surface area contributed by atoms with E-state index in [1.54, 1.807) is 12.1 Å². The van der Waals surface area contributed by atoms with Crippen molar-refractivity contribution in [3.05, 3.63) is 35.1 Å². The van der Waals surface area contributed by atoms with Gasteiger partial charge in [0.15, 0.2) is 0 Å². The van der Waals surface area contributed by atoms with Crippen molar-refractivity contribution in [2.75, 3.05) is 26.2 Å². The molecule has 0 aromatic heterocycles. The van der Waals surface area contributed by atoms with E-state index in [0.717, 1.165) is 18.5 Å². The Morgan fingerprint density at radius 2 is 2.14 bits per heavy atom. The molecule has 118 valence electrons. The summed E-state index contributed by atoms with van der Waals surface area (Å²) in [6, 6.07) is 5.76. The van der Waals surface area contributed by atoms with E-state index in [9.17, 15) is 4.39 Å². The normalized spacial score (nSPS) is 20.4. The third-order valence-electron chi connectivity index (χ3n) is 4.49. The van der Waals surface area contributed by atoms with Gasteiger partial charge in [0.1, 0.15) is 5.82 Å². The Morgan fingerprint density at radius 3 is 2.90 bits per heavy atom. The topological polar surface area (TPSA) is 15.3 Å². The van der Waals surface area contributed by atoms with Crippen LogP contribution in [-0.2, 0) is 6.42 Å². The van der Waals surface area contributed by atoms with E-state index >= 15 is 0 Å². The van der Waals surface area contributed by atoms with Gasteiger partial charge in [-0.25, -0.2) is 4.39 Å². The zero-order valence-electron chi connectivity index (χ0n) is 13.5. The molecule has 0 radical (unpaired) electrons. The molecule has 1 aromatic rings. The van der Waals surface area contributed by atoms with E-state index in [2.05, 4.69) is 17.1 Å². The molecule has 1 fully saturated rings. The number of likely N-dealkylation sites (tertiary alicyclic amines) is 1. The largest absolute Gasteiger partial charge is 0.314 e. The monoisotopic (exact) mass is 292 g/mol. The molecule has 0 saturated carbocycles. The summed E-state index contributed by atoms with van der Waals surface area (Å²) in [6.07, 6.45) is 6.07. The van der Waals surface area contributed by atoms with Crippen LogP contribution in [0.5, 0.6) is 0 Å². The summed E-state index contributed by atoms with van der Waals surface area (Å²) in [5, 5.41) is 3.69. The van der Waals surface area contributed by atoms with Crippen molar-refractivity contribution < 1.29 is 4.39 Å². The number of nitrogens with one attached hydrogen (secondary N) is 1. The molecular weight excluding hydrogens is 263 g/mol. The zero-order chi connectivity index (χ0) is 15.1. The summed E-state index contributed by atoms with van der Waals surface area (Å²) in [6.45, 7) is 8.95. The molecule has 1 heterocycles. The Hall–Kier alpha value is -0.930. The third-order valence-corrected chi connectivity index (χ3v) is 4.49. The van der Waals surface area contributed by atoms with Crippen LogP contribution in [0.4, 0.5) is 4.39 Å². The molecular formula is C18H29FN2. The van der Waals surface area contributed by atoms with E-state index in [1.165, 1.54) is 50.9 Å². The Balaban J connectivity index is 1.73. The van der Waals surface area contributed by atoms with Crippen molar-refractivity contribution in [3.8, 4) is 0 Å². The quantitative estimate of drug-likeness (QED) is 0.863. The van der Waals surface area contributed by atoms with Crippen LogP contribution in [0.2, 0.25) is 0 Å². The standard InChI is InChI=1S/C18H29FN2/c1-3-11-21-12-4-5-18(9-13-21)20-10-8-16-6-7-17(19)14-15(16)2/h6-7,14,18,20H,3-5,8-13H2,1-2H3. The zero-order valence-corrected chi connectivity index (χ0v) is 13.5. The second-order valence-electron chi connectivity index (χ2n) is 6.24. The highest BCUT2D eigenvalue weighted by molar-refractivity contribution is 5.26. The molecule has 1 saturated heterocycles. The van der Waals surface area contributed by atoms with Crippen LogP contribution in [0.1, 0.15) is 43.7 Å². The number of rotatable bonds is 6. The van der Waals surface area contributed by atoms with E-state index in [1.807, 2.05) is 13.0 Å². The molecule has 1 N–H and O–H groups in total. The van der Waals surface area contributed by atoms with Gasteiger partial charge in [0.05, 0.1) is 0 Å². The van der Waals surface area contributed by atoms with Gasteiger partial charge >= 0.3 is 0 Å². The van der Waals surface area contributed by atoms with Crippen LogP contribution >= 0.6 is 0 Å². The van der Waals surface area contributed by atoms with E-state index in [0.29, 0.717) is 6.04 Å². The highest BCUT2D eigenvalue weighted by atomic mass is 19.1. The Labute approximate surface area is 128 Å². The first kappa shape index (κ1) is 16.4. The molecule has 1 aliphatic heterocycles. The number of benzene rings is 1. The summed E-state index contributed by atoms with van der Waals surface area (Å²) in [5.74, 6) is -0.135. The van der Waals surface area contributed by atoms with Gasteiger partial charge in [-0.1, -0.05) is 13.0 Å². The second kappa shape index (κ2) is 8.50. The van der Waals surface area contributed by atoms with Crippen molar-refractivity contribution in [1.82, 2.24) is 10.2 Å². The molecule has 1 unspecified atom stereocenters. The van der Waals surface area contributed by atoms with Gasteiger partial charge in [-0.15, -0.1) is 0 Å². The molecule has 1 aliphatic rings. The maximum absolute atomic E-state index is 13.1. The van der Waals surface area contributed by atoms with Crippen LogP contribution < -0.4 is 5.32 Å². The summed E-state index contributed by atoms with van der Waals surface area (Å²) in [4.78, 5) is 2.59. The summed E-state index contributed by atoms with van der Waals surface area (Å²) < 4.78 is 13.1. The van der Waals surface area contributed by atoms with Crippen molar-refractivity contribution in [2.24, 2.45) is 0 Å². The lowest BCUT2D eigenvalue weighted by atomic mass is 10.0. The number of hydrogen-bond donors (Lipinski definition) is 1. The minimum Gasteiger partial charge on any atom is -0.314 e. The Morgan fingerprint density at radius 1 is 1.29 bits per heavy atom. The number of hydrogen-bond acceptors (Lipinski definition) is 2. The molecule has 0 amide bonds. The predicted molar refractivity (Wildman–Crippen MR) is 87.2 cm³/mol. The molecule has 2 rings (SSSR count). The van der Waals surface area contributed by atoms with Crippen molar-refractivity contribution >= 4 is 0 Å². The van der Waals surface area contributed by atoms with Gasteiger partial charge in [-0.3, -0.25) is 0 Å². The fourth-order valence-corrected chi connectivity index (χ4v) is 3.25. The van der Waals surface area contributed by atoms with Crippen molar-refractivity contribution in [3.63, 3.8) is 0 Å². The number of aryl methyl sites for hydroxylation is 1. The maximum Gasteiger partial charge on any atom is 0.123 e. The lowest BCUT2D eigenvalue weighted by Gasteiger charge is -2.19. The number of halogens is 1. The van der Waals surface area contributed by atoms with Crippen LogP contribution in [-0.4, -0.2) is 37.1 Å². The second-order valence-corrected chi connectivity index (χ2v) is 6.24. The van der Waals surface area contributed by atoms with Gasteiger partial charge < -0.3 is 10.2 Å². The minimum atomic E-state index is -0.135. The molecule has 21 heavy (non-hydrogen) atoms. The third kappa shape index (κ3) is 5.40. The first-order chi connectivity index (χ1) is 10.2. The first-order valence-corrected chi connectivity index (χ1v) is 8.40. The molecule has 1 atom stereocenters. The van der Waals surface area contributed by atoms with Crippen LogP contribution in [0.3, 0.4) is 0 Å². The summed E-state index contributed by atoms with van der Waals surface area (Å²) in [7, 11) is 0. The van der Waals surface area contributed by atoms with E-state index in [-0.39, 0.29) is 5.82 Å². The highest BCUT2D eigenvalue weighted by Crippen LogP contribution is 2.13. The lowest BCUT2D eigenvalue weighted by Crippen LogP contribution is -2.32. The van der Waals surface area contributed by atoms with Gasteiger partial charge in [0, 0.05) is 6.04 Å². The van der Waals surface area contributed by atoms with Gasteiger partial charge in [-0.05, 0) is 88.5 Å². The van der Waals surface area contributed by atoms with Gasteiger partial charge in [0.25, 0.3) is 0 Å². The fraction of sp³-hybridized carbons (Fsp3) is 0.667. The minimum absolute atomic E-state index is 0.135. The molecule has 0 bridgehead atoms. The van der Waals surface area contributed by atoms with Gasteiger partial charge in [0.2, 0.25) is 0 Å². The fourth-order valence-electron chi connectivity index (χ4n) is 3.25. The average Bonchev–Trinajstić information content (AvgIpc) is 2.67. The lowest BCUT2D eigenvalue weighted by molar-refractivity contribution is 0.283. The van der Waals surface area contributed by atoms with Gasteiger partial charge in [-0.2, -0.15) is 0 Å². The first-order valence-electron chi connectivity index (χ1n) is 8.40. The Kier molecular flexibility index (Phi) is 6.65. The summed E-state index contributed by atoms with van der Waals surface area (Å²) in [5.41, 5.74) is 2.32. The maximum atomic E-state index is 13.1. The SMILES string of the molecule is CCCN1CCCC(NCCc2ccc(F)cc2C)CC1.